The van der Waals surface area contributed by atoms with Crippen molar-refractivity contribution in [3.63, 3.8) is 0 Å². The van der Waals surface area contributed by atoms with Crippen LogP contribution in [0.5, 0.6) is 0 Å². The molecule has 0 bridgehead atoms. The molecule has 1 aliphatic carbocycles. The van der Waals surface area contributed by atoms with Crippen LogP contribution in [0.1, 0.15) is 47.5 Å². The van der Waals surface area contributed by atoms with Gasteiger partial charge in [-0.1, -0.05) is 34.6 Å². The summed E-state index contributed by atoms with van der Waals surface area (Å²) < 4.78 is 0. The molecule has 0 amide bonds. The van der Waals surface area contributed by atoms with Crippen LogP contribution in [0.3, 0.4) is 0 Å². The zero-order valence-electron chi connectivity index (χ0n) is 9.20. The van der Waals surface area contributed by atoms with E-state index in [1.165, 1.54) is 12.8 Å². The molecule has 0 saturated heterocycles. The van der Waals surface area contributed by atoms with Crippen molar-refractivity contribution in [2.75, 3.05) is 6.54 Å². The Morgan fingerprint density at radius 3 is 2.08 bits per heavy atom. The molecule has 1 atom stereocenters. The maximum absolute atomic E-state index is 3.62. The monoisotopic (exact) mass is 169 g/mol. The number of rotatable bonds is 3. The SMILES string of the molecule is CCNC(C(C)(C)C)C1(C)CC1. The summed E-state index contributed by atoms with van der Waals surface area (Å²) in [6.07, 6.45) is 2.81. The highest BCUT2D eigenvalue weighted by Crippen LogP contribution is 2.52. The van der Waals surface area contributed by atoms with Crippen molar-refractivity contribution in [2.24, 2.45) is 10.8 Å². The Kier molecular flexibility index (Phi) is 2.53. The molecule has 1 N–H and O–H groups in total. The van der Waals surface area contributed by atoms with Gasteiger partial charge in [0, 0.05) is 6.04 Å². The van der Waals surface area contributed by atoms with Crippen LogP contribution in [0.25, 0.3) is 0 Å². The topological polar surface area (TPSA) is 12.0 Å². The van der Waals surface area contributed by atoms with Crippen LogP contribution in [0.4, 0.5) is 0 Å². The third-order valence-electron chi connectivity index (χ3n) is 3.01. The van der Waals surface area contributed by atoms with E-state index in [0.29, 0.717) is 16.9 Å². The lowest BCUT2D eigenvalue weighted by Crippen LogP contribution is -2.46. The Bertz CT molecular complexity index is 146. The zero-order valence-corrected chi connectivity index (χ0v) is 9.20. The minimum atomic E-state index is 0.404. The number of hydrogen-bond donors (Lipinski definition) is 1. The van der Waals surface area contributed by atoms with Crippen molar-refractivity contribution in [3.05, 3.63) is 0 Å². The van der Waals surface area contributed by atoms with E-state index in [0.717, 1.165) is 6.54 Å². The molecular weight excluding hydrogens is 146 g/mol. The van der Waals surface area contributed by atoms with Gasteiger partial charge >= 0.3 is 0 Å². The van der Waals surface area contributed by atoms with Crippen LogP contribution in [0.15, 0.2) is 0 Å². The molecule has 0 radical (unpaired) electrons. The van der Waals surface area contributed by atoms with Gasteiger partial charge in [0.15, 0.2) is 0 Å². The number of nitrogens with one attached hydrogen (secondary N) is 1. The minimum Gasteiger partial charge on any atom is -0.313 e. The lowest BCUT2D eigenvalue weighted by Gasteiger charge is -2.36. The second-order valence-electron chi connectivity index (χ2n) is 5.51. The Morgan fingerprint density at radius 1 is 1.33 bits per heavy atom. The van der Waals surface area contributed by atoms with Crippen molar-refractivity contribution in [1.29, 1.82) is 0 Å². The molecule has 1 nitrogen and oxygen atoms in total. The van der Waals surface area contributed by atoms with Gasteiger partial charge < -0.3 is 5.32 Å². The van der Waals surface area contributed by atoms with Crippen LogP contribution >= 0.6 is 0 Å². The van der Waals surface area contributed by atoms with Crippen molar-refractivity contribution in [2.45, 2.75) is 53.5 Å². The van der Waals surface area contributed by atoms with Crippen LogP contribution in [0.2, 0.25) is 0 Å². The van der Waals surface area contributed by atoms with Gasteiger partial charge in [-0.25, -0.2) is 0 Å². The molecule has 0 aromatic rings. The van der Waals surface area contributed by atoms with Crippen molar-refractivity contribution in [3.8, 4) is 0 Å². The largest absolute Gasteiger partial charge is 0.313 e. The highest BCUT2D eigenvalue weighted by atomic mass is 15.0. The van der Waals surface area contributed by atoms with Crippen LogP contribution in [-0.4, -0.2) is 12.6 Å². The van der Waals surface area contributed by atoms with Gasteiger partial charge in [-0.2, -0.15) is 0 Å². The minimum absolute atomic E-state index is 0.404. The van der Waals surface area contributed by atoms with Gasteiger partial charge in [0.2, 0.25) is 0 Å². The fourth-order valence-corrected chi connectivity index (χ4v) is 2.29. The van der Waals surface area contributed by atoms with E-state index in [-0.39, 0.29) is 0 Å². The van der Waals surface area contributed by atoms with Crippen LogP contribution < -0.4 is 5.32 Å². The summed E-state index contributed by atoms with van der Waals surface area (Å²) in [4.78, 5) is 0. The Balaban J connectivity index is 2.62. The maximum Gasteiger partial charge on any atom is 0.0169 e. The summed E-state index contributed by atoms with van der Waals surface area (Å²) >= 11 is 0. The van der Waals surface area contributed by atoms with E-state index >= 15 is 0 Å². The smallest absolute Gasteiger partial charge is 0.0169 e. The molecule has 0 spiro atoms. The van der Waals surface area contributed by atoms with Crippen molar-refractivity contribution in [1.82, 2.24) is 5.32 Å². The average Bonchev–Trinajstić information content (AvgIpc) is 2.61. The van der Waals surface area contributed by atoms with Crippen molar-refractivity contribution >= 4 is 0 Å². The molecule has 1 aliphatic rings. The van der Waals surface area contributed by atoms with Gasteiger partial charge in [0.05, 0.1) is 0 Å². The predicted molar refractivity (Wildman–Crippen MR) is 54.3 cm³/mol. The third-order valence-corrected chi connectivity index (χ3v) is 3.01. The standard InChI is InChI=1S/C11H23N/c1-6-12-9(10(2,3)4)11(5)7-8-11/h9,12H,6-8H2,1-5H3. The molecule has 0 aromatic heterocycles. The highest BCUT2D eigenvalue weighted by Gasteiger charge is 2.48. The lowest BCUT2D eigenvalue weighted by molar-refractivity contribution is 0.190. The highest BCUT2D eigenvalue weighted by molar-refractivity contribution is 5.03. The van der Waals surface area contributed by atoms with E-state index < -0.39 is 0 Å². The zero-order chi connectivity index (χ0) is 9.41. The van der Waals surface area contributed by atoms with Gasteiger partial charge in [-0.15, -0.1) is 0 Å². The second kappa shape index (κ2) is 3.02. The second-order valence-corrected chi connectivity index (χ2v) is 5.51. The van der Waals surface area contributed by atoms with E-state index in [2.05, 4.69) is 39.9 Å². The van der Waals surface area contributed by atoms with E-state index in [1.54, 1.807) is 0 Å². The molecule has 1 fully saturated rings. The first kappa shape index (κ1) is 10.0. The molecule has 0 aromatic carbocycles. The first-order valence-corrected chi connectivity index (χ1v) is 5.13. The molecule has 0 heterocycles. The van der Waals surface area contributed by atoms with E-state index in [9.17, 15) is 0 Å². The van der Waals surface area contributed by atoms with Gasteiger partial charge in [0.1, 0.15) is 0 Å². The first-order valence-electron chi connectivity index (χ1n) is 5.13. The maximum atomic E-state index is 3.62. The molecule has 1 heteroatoms. The summed E-state index contributed by atoms with van der Waals surface area (Å²) in [5, 5.41) is 3.62. The fraction of sp³-hybridized carbons (Fsp3) is 1.00. The molecule has 1 saturated carbocycles. The quantitative estimate of drug-likeness (QED) is 0.685. The van der Waals surface area contributed by atoms with Gasteiger partial charge in [0.25, 0.3) is 0 Å². The molecule has 72 valence electrons. The summed E-state index contributed by atoms with van der Waals surface area (Å²) in [6, 6.07) is 0.690. The van der Waals surface area contributed by atoms with E-state index in [1.807, 2.05) is 0 Å². The molecule has 1 rings (SSSR count). The fourth-order valence-electron chi connectivity index (χ4n) is 2.29. The Hall–Kier alpha value is -0.0400. The van der Waals surface area contributed by atoms with Gasteiger partial charge in [-0.05, 0) is 30.2 Å². The Morgan fingerprint density at radius 2 is 1.83 bits per heavy atom. The Labute approximate surface area is 76.9 Å². The first-order chi connectivity index (χ1) is 5.40. The number of hydrogen-bond acceptors (Lipinski definition) is 1. The molecule has 1 unspecified atom stereocenters. The van der Waals surface area contributed by atoms with Gasteiger partial charge in [-0.3, -0.25) is 0 Å². The van der Waals surface area contributed by atoms with Crippen LogP contribution in [0, 0.1) is 10.8 Å². The van der Waals surface area contributed by atoms with Crippen molar-refractivity contribution < 1.29 is 0 Å². The third kappa shape index (κ3) is 2.01. The molecular formula is C11H23N. The van der Waals surface area contributed by atoms with E-state index in [4.69, 9.17) is 0 Å². The molecule has 0 aliphatic heterocycles. The lowest BCUT2D eigenvalue weighted by atomic mass is 9.77. The molecule has 12 heavy (non-hydrogen) atoms. The van der Waals surface area contributed by atoms with Crippen LogP contribution in [-0.2, 0) is 0 Å². The normalized spacial score (nSPS) is 23.8. The summed E-state index contributed by atoms with van der Waals surface area (Å²) in [7, 11) is 0. The predicted octanol–water partition coefficient (Wildman–Crippen LogP) is 2.81. The summed E-state index contributed by atoms with van der Waals surface area (Å²) in [5.41, 5.74) is 0.996. The summed E-state index contributed by atoms with van der Waals surface area (Å²) in [6.45, 7) is 12.7. The summed E-state index contributed by atoms with van der Waals surface area (Å²) in [5.74, 6) is 0. The average molecular weight is 169 g/mol.